The Balaban J connectivity index is 1.46. The maximum Gasteiger partial charge on any atom is 0.159 e. The predicted molar refractivity (Wildman–Crippen MR) is 67.7 cm³/mol. The van der Waals surface area contributed by atoms with Crippen LogP contribution in [0.5, 0.6) is 5.75 Å². The van der Waals surface area contributed by atoms with Gasteiger partial charge in [0.15, 0.2) is 6.29 Å². The lowest BCUT2D eigenvalue weighted by Gasteiger charge is -2.22. The van der Waals surface area contributed by atoms with E-state index in [0.717, 1.165) is 31.8 Å². The van der Waals surface area contributed by atoms with Gasteiger partial charge in [-0.2, -0.15) is 0 Å². The minimum Gasteiger partial charge on any atom is -0.491 e. The van der Waals surface area contributed by atoms with Gasteiger partial charge in [0.2, 0.25) is 0 Å². The van der Waals surface area contributed by atoms with Gasteiger partial charge in [-0.1, -0.05) is 18.2 Å². The van der Waals surface area contributed by atoms with E-state index in [2.05, 4.69) is 0 Å². The van der Waals surface area contributed by atoms with E-state index in [-0.39, 0.29) is 6.29 Å². The molecule has 0 unspecified atom stereocenters. The lowest BCUT2D eigenvalue weighted by atomic mass is 10.3. The Kier molecular flexibility index (Phi) is 5.99. The van der Waals surface area contributed by atoms with Crippen LogP contribution in [0.2, 0.25) is 0 Å². The molecule has 1 saturated heterocycles. The minimum absolute atomic E-state index is 0.0891. The monoisotopic (exact) mass is 252 g/mol. The molecule has 18 heavy (non-hydrogen) atoms. The molecule has 1 fully saturated rings. The lowest BCUT2D eigenvalue weighted by Crippen LogP contribution is -2.26. The van der Waals surface area contributed by atoms with Crippen molar-refractivity contribution in [2.45, 2.75) is 19.1 Å². The summed E-state index contributed by atoms with van der Waals surface area (Å²) in [5.74, 6) is 0.875. The highest BCUT2D eigenvalue weighted by atomic mass is 16.7. The van der Waals surface area contributed by atoms with Crippen molar-refractivity contribution in [2.24, 2.45) is 0 Å². The molecule has 1 heterocycles. The highest BCUT2D eigenvalue weighted by Crippen LogP contribution is 2.09. The van der Waals surface area contributed by atoms with E-state index in [9.17, 15) is 0 Å². The molecule has 0 spiro atoms. The Morgan fingerprint density at radius 1 is 1.00 bits per heavy atom. The van der Waals surface area contributed by atoms with Gasteiger partial charge >= 0.3 is 0 Å². The summed E-state index contributed by atoms with van der Waals surface area (Å²) in [5.41, 5.74) is 0. The predicted octanol–water partition coefficient (Wildman–Crippen LogP) is 2.24. The average Bonchev–Trinajstić information content (AvgIpc) is 2.45. The molecule has 4 heteroatoms. The summed E-state index contributed by atoms with van der Waals surface area (Å²) in [6, 6.07) is 9.74. The number of para-hydroxylation sites is 1. The summed E-state index contributed by atoms with van der Waals surface area (Å²) < 4.78 is 21.8. The molecule has 1 aliphatic rings. The second-order valence-electron chi connectivity index (χ2n) is 4.09. The van der Waals surface area contributed by atoms with Crippen LogP contribution in [0.3, 0.4) is 0 Å². The van der Waals surface area contributed by atoms with Crippen LogP contribution in [-0.4, -0.2) is 39.3 Å². The Labute approximate surface area is 108 Å². The first-order chi connectivity index (χ1) is 8.95. The summed E-state index contributed by atoms with van der Waals surface area (Å²) in [6.07, 6.45) is 1.68. The van der Waals surface area contributed by atoms with Crippen LogP contribution in [0, 0.1) is 0 Å². The Morgan fingerprint density at radius 2 is 1.78 bits per heavy atom. The zero-order chi connectivity index (χ0) is 12.5. The Hall–Kier alpha value is -1.10. The van der Waals surface area contributed by atoms with Crippen molar-refractivity contribution in [2.75, 3.05) is 33.0 Å². The third-order valence-electron chi connectivity index (χ3n) is 2.63. The molecule has 1 aromatic carbocycles. The van der Waals surface area contributed by atoms with E-state index < -0.39 is 0 Å². The van der Waals surface area contributed by atoms with Gasteiger partial charge in [-0.25, -0.2) is 0 Å². The first kappa shape index (κ1) is 13.3. The minimum atomic E-state index is -0.0891. The Bertz CT molecular complexity index is 309. The largest absolute Gasteiger partial charge is 0.491 e. The van der Waals surface area contributed by atoms with Gasteiger partial charge in [0.25, 0.3) is 0 Å². The molecule has 0 amide bonds. The van der Waals surface area contributed by atoms with Crippen molar-refractivity contribution in [3.05, 3.63) is 30.3 Å². The summed E-state index contributed by atoms with van der Waals surface area (Å²) in [6.45, 7) is 3.38. The van der Waals surface area contributed by atoms with Crippen LogP contribution in [0.1, 0.15) is 12.8 Å². The molecule has 0 radical (unpaired) electrons. The summed E-state index contributed by atoms with van der Waals surface area (Å²) in [4.78, 5) is 0. The molecular formula is C14H20O4. The first-order valence-corrected chi connectivity index (χ1v) is 6.44. The van der Waals surface area contributed by atoms with Crippen LogP contribution in [0.15, 0.2) is 30.3 Å². The van der Waals surface area contributed by atoms with Crippen molar-refractivity contribution in [3.63, 3.8) is 0 Å². The molecule has 4 nitrogen and oxygen atoms in total. The second-order valence-corrected chi connectivity index (χ2v) is 4.09. The number of ether oxygens (including phenoxy) is 4. The van der Waals surface area contributed by atoms with Crippen LogP contribution < -0.4 is 4.74 Å². The van der Waals surface area contributed by atoms with Crippen molar-refractivity contribution < 1.29 is 18.9 Å². The number of hydrogen-bond donors (Lipinski definition) is 0. The summed E-state index contributed by atoms with van der Waals surface area (Å²) in [5, 5.41) is 0. The topological polar surface area (TPSA) is 36.9 Å². The molecule has 100 valence electrons. The molecule has 1 aromatic rings. The zero-order valence-corrected chi connectivity index (χ0v) is 10.5. The van der Waals surface area contributed by atoms with E-state index >= 15 is 0 Å². The molecule has 0 saturated carbocycles. The van der Waals surface area contributed by atoms with E-state index in [1.54, 1.807) is 0 Å². The normalized spacial score (nSPS) is 16.7. The first-order valence-electron chi connectivity index (χ1n) is 6.44. The van der Waals surface area contributed by atoms with E-state index in [0.29, 0.717) is 19.8 Å². The SMILES string of the molecule is c1ccc(OCCOCCC2OCCCO2)cc1. The molecule has 0 aliphatic carbocycles. The molecule has 0 bridgehead atoms. The van der Waals surface area contributed by atoms with Crippen LogP contribution >= 0.6 is 0 Å². The van der Waals surface area contributed by atoms with Gasteiger partial charge in [-0.3, -0.25) is 0 Å². The lowest BCUT2D eigenvalue weighted by molar-refractivity contribution is -0.186. The van der Waals surface area contributed by atoms with E-state index in [4.69, 9.17) is 18.9 Å². The van der Waals surface area contributed by atoms with Gasteiger partial charge in [0.05, 0.1) is 26.4 Å². The molecular weight excluding hydrogens is 232 g/mol. The summed E-state index contributed by atoms with van der Waals surface area (Å²) >= 11 is 0. The smallest absolute Gasteiger partial charge is 0.159 e. The fraction of sp³-hybridized carbons (Fsp3) is 0.571. The average molecular weight is 252 g/mol. The van der Waals surface area contributed by atoms with Crippen LogP contribution in [-0.2, 0) is 14.2 Å². The number of rotatable bonds is 7. The number of hydrogen-bond acceptors (Lipinski definition) is 4. The van der Waals surface area contributed by atoms with Crippen LogP contribution in [0.25, 0.3) is 0 Å². The quantitative estimate of drug-likeness (QED) is 0.697. The fourth-order valence-electron chi connectivity index (χ4n) is 1.72. The molecule has 0 aromatic heterocycles. The van der Waals surface area contributed by atoms with Crippen molar-refractivity contribution in [1.82, 2.24) is 0 Å². The molecule has 0 atom stereocenters. The highest BCUT2D eigenvalue weighted by Gasteiger charge is 2.13. The molecule has 2 rings (SSSR count). The van der Waals surface area contributed by atoms with Crippen LogP contribution in [0.4, 0.5) is 0 Å². The van der Waals surface area contributed by atoms with Gasteiger partial charge < -0.3 is 18.9 Å². The highest BCUT2D eigenvalue weighted by molar-refractivity contribution is 5.20. The van der Waals surface area contributed by atoms with E-state index in [1.807, 2.05) is 30.3 Å². The summed E-state index contributed by atoms with van der Waals surface area (Å²) in [7, 11) is 0. The Morgan fingerprint density at radius 3 is 2.56 bits per heavy atom. The van der Waals surface area contributed by atoms with Gasteiger partial charge in [-0.05, 0) is 18.6 Å². The van der Waals surface area contributed by atoms with Gasteiger partial charge in [0, 0.05) is 6.42 Å². The zero-order valence-electron chi connectivity index (χ0n) is 10.5. The maximum absolute atomic E-state index is 5.51. The standard InChI is InChI=1S/C14H20O4/c1-2-5-13(6-3-1)16-12-11-15-10-7-14-17-8-4-9-18-14/h1-3,5-6,14H,4,7-12H2. The van der Waals surface area contributed by atoms with E-state index in [1.165, 1.54) is 0 Å². The third-order valence-corrected chi connectivity index (χ3v) is 2.63. The van der Waals surface area contributed by atoms with Crippen molar-refractivity contribution >= 4 is 0 Å². The van der Waals surface area contributed by atoms with Crippen molar-refractivity contribution in [3.8, 4) is 5.75 Å². The third kappa shape index (κ3) is 5.04. The molecule has 1 aliphatic heterocycles. The fourth-order valence-corrected chi connectivity index (χ4v) is 1.72. The second kappa shape index (κ2) is 8.08. The maximum atomic E-state index is 5.51. The number of benzene rings is 1. The van der Waals surface area contributed by atoms with Gasteiger partial charge in [0.1, 0.15) is 12.4 Å². The van der Waals surface area contributed by atoms with Gasteiger partial charge in [-0.15, -0.1) is 0 Å². The van der Waals surface area contributed by atoms with Crippen molar-refractivity contribution in [1.29, 1.82) is 0 Å². The molecule has 0 N–H and O–H groups in total.